The number of carbonyl (C=O) groups is 1. The minimum absolute atomic E-state index is 0.109. The molecule has 150 valence electrons. The Morgan fingerprint density at radius 1 is 1.11 bits per heavy atom. The molecule has 3 rings (SSSR count). The van der Waals surface area contributed by atoms with Crippen LogP contribution in [0.4, 0.5) is 13.2 Å². The van der Waals surface area contributed by atoms with E-state index < -0.39 is 12.5 Å². The zero-order valence-corrected chi connectivity index (χ0v) is 15.0. The first kappa shape index (κ1) is 20.1. The molecule has 28 heavy (non-hydrogen) atoms. The minimum Gasteiger partial charge on any atom is -0.406 e. The van der Waals surface area contributed by atoms with Crippen LogP contribution in [0.5, 0.6) is 5.75 Å². The smallest absolute Gasteiger partial charge is 0.406 e. The molecule has 9 heteroatoms. The van der Waals surface area contributed by atoms with Crippen LogP contribution in [0.1, 0.15) is 11.1 Å². The van der Waals surface area contributed by atoms with E-state index in [9.17, 15) is 23.1 Å². The number of halogens is 3. The number of aliphatic hydroxyl groups excluding tert-OH is 1. The van der Waals surface area contributed by atoms with Crippen LogP contribution in [0.2, 0.25) is 0 Å². The summed E-state index contributed by atoms with van der Waals surface area (Å²) in [5.41, 5.74) is 1.59. The van der Waals surface area contributed by atoms with Crippen molar-refractivity contribution in [2.45, 2.75) is 25.6 Å². The summed E-state index contributed by atoms with van der Waals surface area (Å²) < 4.78 is 40.6. The zero-order valence-electron chi connectivity index (χ0n) is 15.0. The van der Waals surface area contributed by atoms with E-state index in [0.717, 1.165) is 11.1 Å². The van der Waals surface area contributed by atoms with Crippen LogP contribution >= 0.6 is 0 Å². The summed E-state index contributed by atoms with van der Waals surface area (Å²) in [4.78, 5) is 20.0. The summed E-state index contributed by atoms with van der Waals surface area (Å²) in [5.74, 6) is -0.427. The number of aromatic nitrogens is 1. The van der Waals surface area contributed by atoms with Gasteiger partial charge in [0.25, 0.3) is 0 Å². The summed E-state index contributed by atoms with van der Waals surface area (Å²) in [7, 11) is 0. The Morgan fingerprint density at radius 2 is 1.86 bits per heavy atom. The highest BCUT2D eigenvalue weighted by Gasteiger charge is 2.31. The molecule has 0 bridgehead atoms. The number of β-amino-alcohol motifs (C(OH)–C–C–N with tert-alkyl or cyclic N) is 1. The van der Waals surface area contributed by atoms with E-state index in [1.165, 1.54) is 24.3 Å². The van der Waals surface area contributed by atoms with E-state index >= 15 is 0 Å². The Morgan fingerprint density at radius 3 is 2.50 bits per heavy atom. The average Bonchev–Trinajstić information content (AvgIpc) is 2.74. The number of ether oxygens (including phenoxy) is 1. The number of amides is 1. The maximum absolute atomic E-state index is 12.6. The minimum atomic E-state index is -4.74. The van der Waals surface area contributed by atoms with Gasteiger partial charge in [-0.05, 0) is 29.3 Å². The van der Waals surface area contributed by atoms with Crippen LogP contribution in [-0.4, -0.2) is 57.9 Å². The van der Waals surface area contributed by atoms with Gasteiger partial charge in [0.2, 0.25) is 5.91 Å². The van der Waals surface area contributed by atoms with Gasteiger partial charge in [0.05, 0.1) is 12.6 Å². The fourth-order valence-electron chi connectivity index (χ4n) is 3.11. The summed E-state index contributed by atoms with van der Waals surface area (Å²) in [6, 6.07) is 9.13. The number of carbonyl (C=O) groups excluding carboxylic acids is 1. The van der Waals surface area contributed by atoms with Gasteiger partial charge in [-0.25, -0.2) is 0 Å². The SMILES string of the molecule is O=C1CN(Cc2ccc(OC(F)(F)F)cc2)C[C@H](O)CN1Cc1cccnc1. The number of rotatable bonds is 5. The molecule has 0 saturated carbocycles. The molecule has 2 aromatic rings. The Kier molecular flexibility index (Phi) is 6.15. The van der Waals surface area contributed by atoms with Crippen molar-refractivity contribution < 1.29 is 27.8 Å². The van der Waals surface area contributed by atoms with Crippen molar-refractivity contribution >= 4 is 5.91 Å². The maximum atomic E-state index is 12.6. The number of hydrogen-bond donors (Lipinski definition) is 1. The monoisotopic (exact) mass is 395 g/mol. The Labute approximate surface area is 160 Å². The molecule has 0 spiro atoms. The molecule has 0 unspecified atom stereocenters. The molecule has 6 nitrogen and oxygen atoms in total. The van der Waals surface area contributed by atoms with Gasteiger partial charge in [-0.15, -0.1) is 13.2 Å². The molecule has 1 fully saturated rings. The lowest BCUT2D eigenvalue weighted by atomic mass is 10.2. The highest BCUT2D eigenvalue weighted by atomic mass is 19.4. The van der Waals surface area contributed by atoms with Gasteiger partial charge in [0, 0.05) is 38.6 Å². The zero-order chi connectivity index (χ0) is 20.1. The Balaban J connectivity index is 1.61. The van der Waals surface area contributed by atoms with Gasteiger partial charge in [0.1, 0.15) is 5.75 Å². The van der Waals surface area contributed by atoms with E-state index in [2.05, 4.69) is 9.72 Å². The largest absolute Gasteiger partial charge is 0.573 e. The Bertz CT molecular complexity index is 785. The van der Waals surface area contributed by atoms with E-state index in [1.54, 1.807) is 28.3 Å². The Hall–Kier alpha value is -2.65. The third-order valence-electron chi connectivity index (χ3n) is 4.27. The van der Waals surface area contributed by atoms with E-state index in [4.69, 9.17) is 0 Å². The van der Waals surface area contributed by atoms with Gasteiger partial charge < -0.3 is 14.7 Å². The maximum Gasteiger partial charge on any atom is 0.573 e. The quantitative estimate of drug-likeness (QED) is 0.841. The molecule has 1 atom stereocenters. The van der Waals surface area contributed by atoms with Crippen LogP contribution in [0.3, 0.4) is 0 Å². The molecule has 0 radical (unpaired) electrons. The summed E-state index contributed by atoms with van der Waals surface area (Å²) in [6.07, 6.45) is -2.14. The standard InChI is InChI=1S/C19H20F3N3O3/c20-19(21,22)28-17-5-3-14(4-6-17)9-24-11-16(26)12-25(18(27)13-24)10-15-2-1-7-23-8-15/h1-8,16,26H,9-13H2/t16-/m0/s1. The van der Waals surface area contributed by atoms with E-state index in [1.807, 2.05) is 6.07 Å². The van der Waals surface area contributed by atoms with E-state index in [0.29, 0.717) is 13.1 Å². The van der Waals surface area contributed by atoms with Crippen LogP contribution in [-0.2, 0) is 17.9 Å². The van der Waals surface area contributed by atoms with Gasteiger partial charge in [-0.2, -0.15) is 0 Å². The highest BCUT2D eigenvalue weighted by molar-refractivity contribution is 5.78. The summed E-state index contributed by atoms with van der Waals surface area (Å²) >= 11 is 0. The van der Waals surface area contributed by atoms with Crippen LogP contribution in [0, 0.1) is 0 Å². The lowest BCUT2D eigenvalue weighted by Crippen LogP contribution is -2.36. The fourth-order valence-corrected chi connectivity index (χ4v) is 3.11. The third-order valence-corrected chi connectivity index (χ3v) is 4.27. The van der Waals surface area contributed by atoms with Crippen LogP contribution < -0.4 is 4.74 Å². The second-order valence-corrected chi connectivity index (χ2v) is 6.65. The first-order valence-corrected chi connectivity index (χ1v) is 8.70. The lowest BCUT2D eigenvalue weighted by Gasteiger charge is -2.21. The van der Waals surface area contributed by atoms with Crippen molar-refractivity contribution in [3.05, 3.63) is 59.9 Å². The van der Waals surface area contributed by atoms with E-state index in [-0.39, 0.29) is 31.3 Å². The predicted molar refractivity (Wildman–Crippen MR) is 94.1 cm³/mol. The molecule has 0 aliphatic carbocycles. The average molecular weight is 395 g/mol. The normalized spacial score (nSPS) is 18.8. The van der Waals surface area contributed by atoms with Crippen molar-refractivity contribution in [3.63, 3.8) is 0 Å². The predicted octanol–water partition coefficient (Wildman–Crippen LogP) is 2.19. The lowest BCUT2D eigenvalue weighted by molar-refractivity contribution is -0.274. The van der Waals surface area contributed by atoms with Crippen LogP contribution in [0.25, 0.3) is 0 Å². The molecular formula is C19H20F3N3O3. The van der Waals surface area contributed by atoms with Crippen LogP contribution in [0.15, 0.2) is 48.8 Å². The molecule has 1 aliphatic rings. The molecule has 2 heterocycles. The second-order valence-electron chi connectivity index (χ2n) is 6.65. The highest BCUT2D eigenvalue weighted by Crippen LogP contribution is 2.23. The van der Waals surface area contributed by atoms with Crippen molar-refractivity contribution in [1.29, 1.82) is 0 Å². The van der Waals surface area contributed by atoms with Crippen molar-refractivity contribution in [3.8, 4) is 5.75 Å². The van der Waals surface area contributed by atoms with Crippen molar-refractivity contribution in [2.75, 3.05) is 19.6 Å². The summed E-state index contributed by atoms with van der Waals surface area (Å²) in [5, 5.41) is 10.3. The van der Waals surface area contributed by atoms with Crippen molar-refractivity contribution in [1.82, 2.24) is 14.8 Å². The number of hydrogen-bond acceptors (Lipinski definition) is 5. The second kappa shape index (κ2) is 8.57. The summed E-state index contributed by atoms with van der Waals surface area (Å²) in [6.45, 7) is 1.30. The topological polar surface area (TPSA) is 65.9 Å². The van der Waals surface area contributed by atoms with Gasteiger partial charge in [-0.1, -0.05) is 18.2 Å². The van der Waals surface area contributed by atoms with Gasteiger partial charge >= 0.3 is 6.36 Å². The molecule has 1 aromatic heterocycles. The van der Waals surface area contributed by atoms with Gasteiger partial charge in [-0.3, -0.25) is 14.7 Å². The molecule has 1 saturated heterocycles. The molecular weight excluding hydrogens is 375 g/mol. The molecule has 1 aromatic carbocycles. The number of benzene rings is 1. The van der Waals surface area contributed by atoms with Gasteiger partial charge in [0.15, 0.2) is 0 Å². The molecule has 1 aliphatic heterocycles. The number of pyridine rings is 1. The number of aliphatic hydroxyl groups is 1. The number of alkyl halides is 3. The molecule has 1 N–H and O–H groups in total. The van der Waals surface area contributed by atoms with Crippen molar-refractivity contribution in [2.24, 2.45) is 0 Å². The fraction of sp³-hybridized carbons (Fsp3) is 0.368. The molecule has 1 amide bonds. The number of nitrogens with zero attached hydrogens (tertiary/aromatic N) is 3. The first-order valence-electron chi connectivity index (χ1n) is 8.70. The third kappa shape index (κ3) is 5.93. The first-order chi connectivity index (χ1) is 13.3.